The maximum Gasteiger partial charge on any atom is 0.244 e. The molecule has 7 nitrogen and oxygen atoms in total. The molecular formula is C23H25ClN4O3S2. The Labute approximate surface area is 202 Å². The van der Waals surface area contributed by atoms with Crippen LogP contribution in [0.15, 0.2) is 53.4 Å². The minimum atomic E-state index is -3.80. The first-order valence-corrected chi connectivity index (χ1v) is 13.2. The Balaban J connectivity index is 1.50. The van der Waals surface area contributed by atoms with E-state index in [1.807, 2.05) is 24.3 Å². The van der Waals surface area contributed by atoms with E-state index in [2.05, 4.69) is 36.3 Å². The molecule has 0 radical (unpaired) electrons. The molecule has 1 aliphatic rings. The van der Waals surface area contributed by atoms with Gasteiger partial charge in [0, 0.05) is 17.1 Å². The van der Waals surface area contributed by atoms with Gasteiger partial charge in [-0.05, 0) is 48.1 Å². The summed E-state index contributed by atoms with van der Waals surface area (Å²) in [6, 6.07) is 13.3. The van der Waals surface area contributed by atoms with E-state index >= 15 is 0 Å². The number of hydrogen-bond acceptors (Lipinski definition) is 6. The van der Waals surface area contributed by atoms with E-state index in [9.17, 15) is 13.2 Å². The summed E-state index contributed by atoms with van der Waals surface area (Å²) in [6.07, 6.45) is 1.07. The van der Waals surface area contributed by atoms with E-state index in [-0.39, 0.29) is 10.3 Å². The second-order valence-corrected chi connectivity index (χ2v) is 12.3. The molecule has 3 aromatic rings. The van der Waals surface area contributed by atoms with Crippen LogP contribution in [0.3, 0.4) is 0 Å². The lowest BCUT2D eigenvalue weighted by Crippen LogP contribution is -2.43. The summed E-state index contributed by atoms with van der Waals surface area (Å²) in [5, 5.41) is 12.5. The molecule has 1 fully saturated rings. The molecule has 174 valence electrons. The molecule has 1 amide bonds. The quantitative estimate of drug-likeness (QED) is 0.530. The first-order valence-electron chi connectivity index (χ1n) is 10.6. The van der Waals surface area contributed by atoms with Crippen molar-refractivity contribution >= 4 is 44.0 Å². The molecule has 4 rings (SSSR count). The maximum absolute atomic E-state index is 13.3. The zero-order valence-electron chi connectivity index (χ0n) is 18.6. The van der Waals surface area contributed by atoms with E-state index in [0.717, 1.165) is 11.1 Å². The summed E-state index contributed by atoms with van der Waals surface area (Å²) in [5.41, 5.74) is 1.80. The fourth-order valence-electron chi connectivity index (χ4n) is 3.72. The number of nitrogens with one attached hydrogen (secondary N) is 1. The monoisotopic (exact) mass is 504 g/mol. The smallest absolute Gasteiger partial charge is 0.244 e. The van der Waals surface area contributed by atoms with Gasteiger partial charge in [0.15, 0.2) is 0 Å². The number of aromatic nitrogens is 2. The number of rotatable bonds is 5. The number of sulfonamides is 1. The Bertz CT molecular complexity index is 1250. The molecule has 2 heterocycles. The normalized spacial score (nSPS) is 17.3. The number of hydrogen-bond donors (Lipinski definition) is 1. The van der Waals surface area contributed by atoms with Crippen molar-refractivity contribution in [2.45, 2.75) is 50.0 Å². The molecular weight excluding hydrogens is 480 g/mol. The van der Waals surface area contributed by atoms with Gasteiger partial charge < -0.3 is 0 Å². The Kier molecular flexibility index (Phi) is 6.59. The topological polar surface area (TPSA) is 92.3 Å². The number of anilines is 1. The van der Waals surface area contributed by atoms with Gasteiger partial charge >= 0.3 is 0 Å². The van der Waals surface area contributed by atoms with E-state index in [1.54, 1.807) is 24.3 Å². The van der Waals surface area contributed by atoms with E-state index < -0.39 is 22.0 Å². The van der Waals surface area contributed by atoms with Crippen molar-refractivity contribution in [2.24, 2.45) is 0 Å². The van der Waals surface area contributed by atoms with Crippen LogP contribution < -0.4 is 5.32 Å². The van der Waals surface area contributed by atoms with Crippen LogP contribution in [-0.4, -0.2) is 41.4 Å². The van der Waals surface area contributed by atoms with Gasteiger partial charge in [0.05, 0.1) is 4.90 Å². The predicted octanol–water partition coefficient (Wildman–Crippen LogP) is 4.95. The van der Waals surface area contributed by atoms with Crippen LogP contribution in [0.25, 0.3) is 10.6 Å². The Morgan fingerprint density at radius 3 is 2.39 bits per heavy atom. The molecule has 0 saturated carbocycles. The first-order chi connectivity index (χ1) is 15.6. The summed E-state index contributed by atoms with van der Waals surface area (Å²) < 4.78 is 27.9. The SMILES string of the molecule is CC(C)(C)c1ccc(S(=O)(=O)N2CCCC2C(=O)Nc2nnc(-c3ccc(Cl)cc3)s2)cc1. The molecule has 0 spiro atoms. The minimum absolute atomic E-state index is 0.0784. The van der Waals surface area contributed by atoms with Gasteiger partial charge in [0.2, 0.25) is 21.1 Å². The average Bonchev–Trinajstić information content (AvgIpc) is 3.44. The standard InChI is InChI=1S/C23H25ClN4O3S2/c1-23(2,3)16-8-12-18(13-9-16)33(30,31)28-14-4-5-19(28)20(29)25-22-27-26-21(32-22)15-6-10-17(24)11-7-15/h6-13,19H,4-5,14H2,1-3H3,(H,25,27,29). The molecule has 2 aromatic carbocycles. The van der Waals surface area contributed by atoms with E-state index in [1.165, 1.54) is 15.6 Å². The average molecular weight is 505 g/mol. The zero-order chi connectivity index (χ0) is 23.8. The highest BCUT2D eigenvalue weighted by Crippen LogP contribution is 2.31. The molecule has 1 N–H and O–H groups in total. The highest BCUT2D eigenvalue weighted by molar-refractivity contribution is 7.89. The van der Waals surface area contributed by atoms with Crippen LogP contribution in [0.5, 0.6) is 0 Å². The summed E-state index contributed by atoms with van der Waals surface area (Å²) >= 11 is 7.15. The Morgan fingerprint density at radius 1 is 1.09 bits per heavy atom. The number of carbonyl (C=O) groups is 1. The lowest BCUT2D eigenvalue weighted by atomic mass is 9.87. The number of nitrogens with zero attached hydrogens (tertiary/aromatic N) is 3. The second-order valence-electron chi connectivity index (χ2n) is 8.96. The molecule has 1 aliphatic heterocycles. The molecule has 0 bridgehead atoms. The van der Waals surface area contributed by atoms with Crippen LogP contribution in [0, 0.1) is 0 Å². The van der Waals surface area contributed by atoms with Gasteiger partial charge in [-0.3, -0.25) is 10.1 Å². The molecule has 1 saturated heterocycles. The van der Waals surface area contributed by atoms with Gasteiger partial charge in [-0.1, -0.05) is 68.0 Å². The molecule has 10 heteroatoms. The zero-order valence-corrected chi connectivity index (χ0v) is 21.0. The van der Waals surface area contributed by atoms with Gasteiger partial charge in [-0.2, -0.15) is 4.31 Å². The Hall–Kier alpha value is -2.33. The third-order valence-electron chi connectivity index (χ3n) is 5.58. The fraction of sp³-hybridized carbons (Fsp3) is 0.348. The van der Waals surface area contributed by atoms with Crippen molar-refractivity contribution in [1.82, 2.24) is 14.5 Å². The third-order valence-corrected chi connectivity index (χ3v) is 8.64. The minimum Gasteiger partial charge on any atom is -0.299 e. The highest BCUT2D eigenvalue weighted by atomic mass is 35.5. The number of benzene rings is 2. The number of halogens is 1. The number of amides is 1. The first kappa shape index (κ1) is 23.8. The van der Waals surface area contributed by atoms with Crippen LogP contribution in [0.1, 0.15) is 39.2 Å². The summed E-state index contributed by atoms with van der Waals surface area (Å²) in [7, 11) is -3.80. The molecule has 33 heavy (non-hydrogen) atoms. The largest absolute Gasteiger partial charge is 0.299 e. The van der Waals surface area contributed by atoms with Crippen LogP contribution in [0.4, 0.5) is 5.13 Å². The van der Waals surface area contributed by atoms with Gasteiger partial charge in [0.25, 0.3) is 0 Å². The van der Waals surface area contributed by atoms with Crippen LogP contribution in [0.2, 0.25) is 5.02 Å². The maximum atomic E-state index is 13.3. The van der Waals surface area contributed by atoms with Crippen LogP contribution in [-0.2, 0) is 20.2 Å². The number of carbonyl (C=O) groups excluding carboxylic acids is 1. The van der Waals surface area contributed by atoms with Gasteiger partial charge in [-0.15, -0.1) is 10.2 Å². The van der Waals surface area contributed by atoms with Crippen molar-refractivity contribution in [1.29, 1.82) is 0 Å². The fourth-order valence-corrected chi connectivity index (χ4v) is 6.26. The summed E-state index contributed by atoms with van der Waals surface area (Å²) in [4.78, 5) is 13.2. The van der Waals surface area contributed by atoms with Crippen LogP contribution >= 0.6 is 22.9 Å². The third kappa shape index (κ3) is 5.11. The lowest BCUT2D eigenvalue weighted by Gasteiger charge is -2.24. The molecule has 1 aromatic heterocycles. The molecule has 0 aliphatic carbocycles. The molecule has 1 atom stereocenters. The Morgan fingerprint density at radius 2 is 1.76 bits per heavy atom. The van der Waals surface area contributed by atoms with E-state index in [4.69, 9.17) is 11.6 Å². The second kappa shape index (κ2) is 9.13. The predicted molar refractivity (Wildman–Crippen MR) is 131 cm³/mol. The van der Waals surface area contributed by atoms with Crippen molar-refractivity contribution in [2.75, 3.05) is 11.9 Å². The summed E-state index contributed by atoms with van der Waals surface area (Å²) in [5.74, 6) is -0.402. The molecule has 1 unspecified atom stereocenters. The van der Waals surface area contributed by atoms with Crippen molar-refractivity contribution < 1.29 is 13.2 Å². The van der Waals surface area contributed by atoms with Crippen molar-refractivity contribution in [3.63, 3.8) is 0 Å². The van der Waals surface area contributed by atoms with Crippen molar-refractivity contribution in [3.05, 3.63) is 59.1 Å². The van der Waals surface area contributed by atoms with Crippen molar-refractivity contribution in [3.8, 4) is 10.6 Å². The van der Waals surface area contributed by atoms with Gasteiger partial charge in [0.1, 0.15) is 11.0 Å². The van der Waals surface area contributed by atoms with Gasteiger partial charge in [-0.25, -0.2) is 8.42 Å². The summed E-state index contributed by atoms with van der Waals surface area (Å²) in [6.45, 7) is 6.52. The van der Waals surface area contributed by atoms with E-state index in [0.29, 0.717) is 34.5 Å². The lowest BCUT2D eigenvalue weighted by molar-refractivity contribution is -0.119. The highest BCUT2D eigenvalue weighted by Gasteiger charge is 2.39.